The fourth-order valence-electron chi connectivity index (χ4n) is 1.87. The van der Waals surface area contributed by atoms with Gasteiger partial charge in [-0.2, -0.15) is 0 Å². The lowest BCUT2D eigenvalue weighted by atomic mass is 9.98. The molecule has 0 heterocycles. The van der Waals surface area contributed by atoms with E-state index in [0.717, 1.165) is 12.2 Å². The van der Waals surface area contributed by atoms with E-state index in [1.807, 2.05) is 7.11 Å². The van der Waals surface area contributed by atoms with Crippen molar-refractivity contribution in [3.8, 4) is 5.75 Å². The normalized spacial score (nSPS) is 10.3. The van der Waals surface area contributed by atoms with E-state index in [4.69, 9.17) is 0 Å². The lowest BCUT2D eigenvalue weighted by Crippen LogP contribution is -1.95. The van der Waals surface area contributed by atoms with Gasteiger partial charge in [-0.05, 0) is 37.0 Å². The van der Waals surface area contributed by atoms with Crippen molar-refractivity contribution in [3.05, 3.63) is 28.8 Å². The Bertz CT molecular complexity index is 302. The maximum Gasteiger partial charge on any atom is 0.257 e. The van der Waals surface area contributed by atoms with Gasteiger partial charge in [0.15, 0.2) is 7.11 Å². The van der Waals surface area contributed by atoms with Gasteiger partial charge in [0, 0.05) is 11.6 Å². The molecule has 0 aromatic heterocycles. The van der Waals surface area contributed by atoms with Gasteiger partial charge in [0.2, 0.25) is 0 Å². The highest BCUT2D eigenvalue weighted by atomic mass is 16.5. The average molecular weight is 193 g/mol. The van der Waals surface area contributed by atoms with Crippen molar-refractivity contribution in [2.75, 3.05) is 7.11 Å². The van der Waals surface area contributed by atoms with Crippen molar-refractivity contribution in [1.82, 2.24) is 0 Å². The number of aryl methyl sites for hydroxylation is 3. The van der Waals surface area contributed by atoms with E-state index in [1.165, 1.54) is 29.5 Å². The molecule has 0 spiro atoms. The van der Waals surface area contributed by atoms with E-state index in [9.17, 15) is 0 Å². The minimum absolute atomic E-state index is 1.13. The van der Waals surface area contributed by atoms with Crippen LogP contribution in [-0.4, -0.2) is 11.8 Å². The van der Waals surface area contributed by atoms with Crippen molar-refractivity contribution in [1.29, 1.82) is 0 Å². The van der Waals surface area contributed by atoms with Crippen molar-refractivity contribution in [2.24, 2.45) is 0 Å². The summed E-state index contributed by atoms with van der Waals surface area (Å²) in [5.74, 6) is 1.14. The van der Waals surface area contributed by atoms with Gasteiger partial charge < -0.3 is 4.74 Å². The lowest BCUT2D eigenvalue weighted by Gasteiger charge is -2.10. The van der Waals surface area contributed by atoms with Gasteiger partial charge in [0.1, 0.15) is 0 Å². The summed E-state index contributed by atoms with van der Waals surface area (Å²) < 4.78 is 4.29. The Hall–Kier alpha value is -0.980. The molecule has 0 saturated carbocycles. The molecule has 1 aromatic rings. The predicted molar refractivity (Wildman–Crippen MR) is 62.1 cm³/mol. The number of rotatable bonds is 4. The van der Waals surface area contributed by atoms with E-state index >= 15 is 0 Å². The molecule has 0 bridgehead atoms. The van der Waals surface area contributed by atoms with Crippen molar-refractivity contribution < 1.29 is 4.74 Å². The molecule has 1 N–H and O–H groups in total. The molecule has 0 amide bonds. The molecule has 0 atom stereocenters. The summed E-state index contributed by atoms with van der Waals surface area (Å²) in [4.78, 5) is 0. The Morgan fingerprint density at radius 1 is 1.14 bits per heavy atom. The quantitative estimate of drug-likeness (QED) is 0.650. The number of ether oxygens (including phenoxy) is 1. The second-order valence-electron chi connectivity index (χ2n) is 3.73. The van der Waals surface area contributed by atoms with Gasteiger partial charge in [0.25, 0.3) is 5.75 Å². The van der Waals surface area contributed by atoms with Gasteiger partial charge in [0.05, 0.1) is 0 Å². The Kier molecular flexibility index (Phi) is 3.99. The molecule has 1 aromatic carbocycles. The zero-order valence-electron chi connectivity index (χ0n) is 9.72. The zero-order chi connectivity index (χ0) is 10.6. The summed E-state index contributed by atoms with van der Waals surface area (Å²) in [6, 6.07) is 4.53. The highest BCUT2D eigenvalue weighted by Gasteiger charge is 2.08. The zero-order valence-corrected chi connectivity index (χ0v) is 9.72. The molecular weight excluding hydrogens is 172 g/mol. The van der Waals surface area contributed by atoms with Crippen molar-refractivity contribution >= 4 is 0 Å². The van der Waals surface area contributed by atoms with Crippen LogP contribution in [0, 0.1) is 6.92 Å². The van der Waals surface area contributed by atoms with Crippen molar-refractivity contribution in [2.45, 2.75) is 40.0 Å². The fraction of sp³-hybridized carbons (Fsp3) is 0.538. The number of benzene rings is 1. The van der Waals surface area contributed by atoms with Gasteiger partial charge in [-0.15, -0.1) is 0 Å². The van der Waals surface area contributed by atoms with Crippen LogP contribution in [0.3, 0.4) is 0 Å². The van der Waals surface area contributed by atoms with Crippen LogP contribution in [0.5, 0.6) is 5.75 Å². The third-order valence-electron chi connectivity index (χ3n) is 2.66. The molecule has 0 aliphatic heterocycles. The summed E-state index contributed by atoms with van der Waals surface area (Å²) in [5, 5.41) is 0. The molecule has 14 heavy (non-hydrogen) atoms. The molecule has 0 aliphatic carbocycles. The minimum atomic E-state index is 1.13. The highest BCUT2D eigenvalue weighted by Crippen LogP contribution is 2.24. The number of aromatic hydroxyl groups is 1. The van der Waals surface area contributed by atoms with Crippen LogP contribution in [-0.2, 0) is 12.8 Å². The summed E-state index contributed by atoms with van der Waals surface area (Å²) >= 11 is 0. The molecule has 1 heteroatoms. The number of hydrogen-bond donors (Lipinski definition) is 0. The Balaban J connectivity index is 3.11. The van der Waals surface area contributed by atoms with Crippen LogP contribution in [0.1, 0.15) is 37.0 Å². The first-order chi connectivity index (χ1) is 6.72. The Morgan fingerprint density at radius 2 is 1.86 bits per heavy atom. The number of aliphatic hydroxyl groups is 1. The third kappa shape index (κ3) is 2.28. The Morgan fingerprint density at radius 3 is 2.36 bits per heavy atom. The molecule has 0 unspecified atom stereocenters. The summed E-state index contributed by atoms with van der Waals surface area (Å²) in [7, 11) is 1.86. The van der Waals surface area contributed by atoms with Gasteiger partial charge in [-0.3, -0.25) is 0 Å². The number of hydrogen-bond acceptors (Lipinski definition) is 0. The first-order valence-electron chi connectivity index (χ1n) is 5.45. The average Bonchev–Trinajstić information content (AvgIpc) is 2.20. The molecule has 1 nitrogen and oxygen atoms in total. The van der Waals surface area contributed by atoms with Gasteiger partial charge in [-0.25, -0.2) is 0 Å². The van der Waals surface area contributed by atoms with E-state index < -0.39 is 0 Å². The first kappa shape index (κ1) is 11.1. The lowest BCUT2D eigenvalue weighted by molar-refractivity contribution is 0.134. The van der Waals surface area contributed by atoms with Gasteiger partial charge >= 0.3 is 0 Å². The van der Waals surface area contributed by atoms with Crippen LogP contribution in [0.15, 0.2) is 12.1 Å². The molecule has 78 valence electrons. The van der Waals surface area contributed by atoms with Crippen LogP contribution in [0.25, 0.3) is 0 Å². The molecule has 0 fully saturated rings. The summed E-state index contributed by atoms with van der Waals surface area (Å²) in [5.41, 5.74) is 4.25. The second-order valence-corrected chi connectivity index (χ2v) is 3.73. The molecule has 1 rings (SSSR count). The van der Waals surface area contributed by atoms with Crippen LogP contribution in [0.4, 0.5) is 0 Å². The molecule has 0 aliphatic rings. The highest BCUT2D eigenvalue weighted by molar-refractivity contribution is 5.41. The second kappa shape index (κ2) is 5.04. The largest absolute Gasteiger partial charge is 0.584 e. The summed E-state index contributed by atoms with van der Waals surface area (Å²) in [6.07, 6.45) is 3.51. The SMILES string of the molecule is CCCc1cc([OH+]C)c(C)cc1CC. The minimum Gasteiger partial charge on any atom is -0.584 e. The van der Waals surface area contributed by atoms with Crippen LogP contribution >= 0.6 is 0 Å². The first-order valence-corrected chi connectivity index (χ1v) is 5.45. The molecule has 0 saturated heterocycles. The maximum absolute atomic E-state index is 4.29. The Labute approximate surface area is 87.1 Å². The fourth-order valence-corrected chi connectivity index (χ4v) is 1.87. The monoisotopic (exact) mass is 193 g/mol. The van der Waals surface area contributed by atoms with Crippen LogP contribution in [0.2, 0.25) is 0 Å². The van der Waals surface area contributed by atoms with E-state index in [1.54, 1.807) is 0 Å². The van der Waals surface area contributed by atoms with Crippen molar-refractivity contribution in [3.63, 3.8) is 0 Å². The van der Waals surface area contributed by atoms with Crippen LogP contribution < -0.4 is 0 Å². The standard InChI is InChI=1S/C13H20O/c1-5-7-12-9-13(14-4)10(3)8-11(12)6-2/h8-9H,5-7H2,1-4H3/p+1. The van der Waals surface area contributed by atoms with E-state index in [2.05, 4.69) is 37.6 Å². The van der Waals surface area contributed by atoms with E-state index in [-0.39, 0.29) is 0 Å². The third-order valence-corrected chi connectivity index (χ3v) is 2.66. The summed E-state index contributed by atoms with van der Waals surface area (Å²) in [6.45, 7) is 6.58. The van der Waals surface area contributed by atoms with Gasteiger partial charge in [-0.1, -0.05) is 20.3 Å². The smallest absolute Gasteiger partial charge is 0.257 e. The molecular formula is C13H21O+. The predicted octanol–water partition coefficient (Wildman–Crippen LogP) is 3.38. The van der Waals surface area contributed by atoms with E-state index in [0.29, 0.717) is 0 Å². The molecule has 0 radical (unpaired) electrons. The maximum atomic E-state index is 4.29. The topological polar surface area (TPSA) is 12.8 Å².